The number of halogens is 3. The van der Waals surface area contributed by atoms with E-state index in [-0.39, 0.29) is 5.91 Å². The third-order valence-corrected chi connectivity index (χ3v) is 6.01. The number of nitrogens with zero attached hydrogens (tertiary/aromatic N) is 4. The number of alkyl halides is 3. The molecule has 2 aromatic heterocycles. The maximum absolute atomic E-state index is 13.1. The molecular formula is C25H22F3N5O. The summed E-state index contributed by atoms with van der Waals surface area (Å²) in [5, 5.41) is 0. The maximum atomic E-state index is 13.1. The zero-order valence-corrected chi connectivity index (χ0v) is 18.2. The minimum absolute atomic E-state index is 0.0476. The van der Waals surface area contributed by atoms with E-state index >= 15 is 0 Å². The Morgan fingerprint density at radius 1 is 1.00 bits per heavy atom. The van der Waals surface area contributed by atoms with E-state index in [0.717, 1.165) is 34.3 Å². The van der Waals surface area contributed by atoms with Gasteiger partial charge in [0.1, 0.15) is 5.82 Å². The van der Waals surface area contributed by atoms with Crippen LogP contribution >= 0.6 is 0 Å². The first-order valence-electron chi connectivity index (χ1n) is 10.9. The monoisotopic (exact) mass is 465 g/mol. The summed E-state index contributed by atoms with van der Waals surface area (Å²) in [7, 11) is 0. The summed E-state index contributed by atoms with van der Waals surface area (Å²) < 4.78 is 38.2. The fraction of sp³-hybridized carbons (Fsp3) is 0.240. The molecule has 0 saturated carbocycles. The normalized spacial score (nSPS) is 15.1. The second-order valence-corrected chi connectivity index (χ2v) is 8.32. The Labute approximate surface area is 194 Å². The van der Waals surface area contributed by atoms with Crippen LogP contribution in [0, 0.1) is 0 Å². The number of benzene rings is 2. The van der Waals surface area contributed by atoms with Gasteiger partial charge in [-0.25, -0.2) is 4.98 Å². The molecule has 34 heavy (non-hydrogen) atoms. The predicted molar refractivity (Wildman–Crippen MR) is 122 cm³/mol. The topological polar surface area (TPSA) is 65.1 Å². The lowest BCUT2D eigenvalue weighted by Crippen LogP contribution is -2.48. The van der Waals surface area contributed by atoms with E-state index < -0.39 is 11.7 Å². The molecule has 1 aliphatic heterocycles. The minimum Gasteiger partial charge on any atom is -0.338 e. The van der Waals surface area contributed by atoms with Gasteiger partial charge < -0.3 is 9.88 Å². The molecule has 4 aromatic rings. The van der Waals surface area contributed by atoms with Crippen molar-refractivity contribution in [2.45, 2.75) is 12.7 Å². The lowest BCUT2D eigenvalue weighted by atomic mass is 10.1. The Morgan fingerprint density at radius 3 is 2.44 bits per heavy atom. The molecule has 0 bridgehead atoms. The zero-order chi connectivity index (χ0) is 23.7. The van der Waals surface area contributed by atoms with Gasteiger partial charge in [-0.05, 0) is 48.0 Å². The molecule has 174 valence electrons. The molecule has 5 rings (SSSR count). The average molecular weight is 465 g/mol. The SMILES string of the molecule is O=C(c1ccc2nc(-c3cccnc3)[nH]c2c1)N1CCN(Cc2ccc(C(F)(F)F)cc2)CC1. The highest BCUT2D eigenvalue weighted by molar-refractivity contribution is 5.97. The molecule has 6 nitrogen and oxygen atoms in total. The van der Waals surface area contributed by atoms with Crippen molar-refractivity contribution in [2.24, 2.45) is 0 Å². The second kappa shape index (κ2) is 8.90. The largest absolute Gasteiger partial charge is 0.416 e. The van der Waals surface area contributed by atoms with Crippen molar-refractivity contribution in [3.8, 4) is 11.4 Å². The Morgan fingerprint density at radius 2 is 1.76 bits per heavy atom. The first kappa shape index (κ1) is 22.1. The smallest absolute Gasteiger partial charge is 0.338 e. The highest BCUT2D eigenvalue weighted by atomic mass is 19.4. The van der Waals surface area contributed by atoms with Crippen LogP contribution in [-0.4, -0.2) is 56.8 Å². The number of rotatable bonds is 4. The third-order valence-electron chi connectivity index (χ3n) is 6.01. The highest BCUT2D eigenvalue weighted by Crippen LogP contribution is 2.29. The lowest BCUT2D eigenvalue weighted by molar-refractivity contribution is -0.137. The summed E-state index contributed by atoms with van der Waals surface area (Å²) in [4.78, 5) is 29.0. The van der Waals surface area contributed by atoms with Gasteiger partial charge in [0.05, 0.1) is 16.6 Å². The first-order chi connectivity index (χ1) is 16.4. The minimum atomic E-state index is -4.33. The van der Waals surface area contributed by atoms with Crippen molar-refractivity contribution >= 4 is 16.9 Å². The number of aromatic nitrogens is 3. The molecule has 0 spiro atoms. The van der Waals surface area contributed by atoms with Crippen molar-refractivity contribution in [1.29, 1.82) is 0 Å². The number of carbonyl (C=O) groups is 1. The average Bonchev–Trinajstić information content (AvgIpc) is 3.28. The van der Waals surface area contributed by atoms with Crippen LogP contribution in [0.25, 0.3) is 22.4 Å². The maximum Gasteiger partial charge on any atom is 0.416 e. The second-order valence-electron chi connectivity index (χ2n) is 8.32. The zero-order valence-electron chi connectivity index (χ0n) is 18.2. The number of carbonyl (C=O) groups excluding carboxylic acids is 1. The number of nitrogens with one attached hydrogen (secondary N) is 1. The summed E-state index contributed by atoms with van der Waals surface area (Å²) in [6.45, 7) is 2.98. The number of H-pyrrole nitrogens is 1. The molecule has 1 aliphatic rings. The quantitative estimate of drug-likeness (QED) is 0.479. The van der Waals surface area contributed by atoms with Crippen LogP contribution in [-0.2, 0) is 12.7 Å². The number of imidazole rings is 1. The number of piperazine rings is 1. The van der Waals surface area contributed by atoms with E-state index in [4.69, 9.17) is 0 Å². The molecule has 2 aromatic carbocycles. The molecule has 9 heteroatoms. The molecule has 0 radical (unpaired) electrons. The predicted octanol–water partition coefficient (Wildman–Crippen LogP) is 4.60. The number of amides is 1. The van der Waals surface area contributed by atoms with Crippen LogP contribution < -0.4 is 0 Å². The molecule has 0 unspecified atom stereocenters. The molecule has 1 N–H and O–H groups in total. The standard InChI is InChI=1S/C25H22F3N5O/c26-25(27,28)20-6-3-17(4-7-20)16-32-10-12-33(13-11-32)24(34)18-5-8-21-22(14-18)31-23(30-21)19-2-1-9-29-15-19/h1-9,14-15H,10-13,16H2,(H,30,31). The van der Waals surface area contributed by atoms with Gasteiger partial charge in [0, 0.05) is 56.2 Å². The molecule has 3 heterocycles. The Bertz CT molecular complexity index is 1290. The Kier molecular flexibility index (Phi) is 5.79. The van der Waals surface area contributed by atoms with Gasteiger partial charge in [-0.15, -0.1) is 0 Å². The lowest BCUT2D eigenvalue weighted by Gasteiger charge is -2.34. The van der Waals surface area contributed by atoms with Gasteiger partial charge in [-0.2, -0.15) is 13.2 Å². The van der Waals surface area contributed by atoms with E-state index in [1.807, 2.05) is 29.2 Å². The van der Waals surface area contributed by atoms with Crippen LogP contribution in [0.2, 0.25) is 0 Å². The van der Waals surface area contributed by atoms with Gasteiger partial charge in [-0.1, -0.05) is 12.1 Å². The van der Waals surface area contributed by atoms with Crippen molar-refractivity contribution in [3.63, 3.8) is 0 Å². The summed E-state index contributed by atoms with van der Waals surface area (Å²) in [5.74, 6) is 0.651. The number of hydrogen-bond donors (Lipinski definition) is 1. The summed E-state index contributed by atoms with van der Waals surface area (Å²) in [5.41, 5.74) is 3.19. The van der Waals surface area contributed by atoms with Gasteiger partial charge in [0.25, 0.3) is 5.91 Å². The van der Waals surface area contributed by atoms with Crippen LogP contribution in [0.5, 0.6) is 0 Å². The highest BCUT2D eigenvalue weighted by Gasteiger charge is 2.30. The molecule has 1 saturated heterocycles. The number of pyridine rings is 1. The van der Waals surface area contributed by atoms with Crippen molar-refractivity contribution in [3.05, 3.63) is 83.7 Å². The third kappa shape index (κ3) is 4.65. The fourth-order valence-corrected chi connectivity index (χ4v) is 4.13. The van der Waals surface area contributed by atoms with E-state index in [0.29, 0.717) is 44.1 Å². The van der Waals surface area contributed by atoms with Gasteiger partial charge >= 0.3 is 6.18 Å². The Balaban J connectivity index is 1.21. The number of aromatic amines is 1. The van der Waals surface area contributed by atoms with Crippen molar-refractivity contribution in [1.82, 2.24) is 24.8 Å². The summed E-state index contributed by atoms with van der Waals surface area (Å²) in [6.07, 6.45) is -0.899. The molecule has 1 fully saturated rings. The molecule has 0 aliphatic carbocycles. The van der Waals surface area contributed by atoms with Crippen LogP contribution in [0.1, 0.15) is 21.5 Å². The number of hydrogen-bond acceptors (Lipinski definition) is 4. The van der Waals surface area contributed by atoms with E-state index in [2.05, 4.69) is 19.9 Å². The van der Waals surface area contributed by atoms with E-state index in [9.17, 15) is 18.0 Å². The van der Waals surface area contributed by atoms with Crippen LogP contribution in [0.15, 0.2) is 67.0 Å². The summed E-state index contributed by atoms with van der Waals surface area (Å²) >= 11 is 0. The molecule has 0 atom stereocenters. The van der Waals surface area contributed by atoms with Gasteiger partial charge in [0.2, 0.25) is 0 Å². The van der Waals surface area contributed by atoms with E-state index in [1.54, 1.807) is 18.5 Å². The van der Waals surface area contributed by atoms with Crippen molar-refractivity contribution < 1.29 is 18.0 Å². The van der Waals surface area contributed by atoms with Gasteiger partial charge in [-0.3, -0.25) is 14.7 Å². The fourth-order valence-electron chi connectivity index (χ4n) is 4.13. The van der Waals surface area contributed by atoms with E-state index in [1.165, 1.54) is 12.1 Å². The van der Waals surface area contributed by atoms with Crippen molar-refractivity contribution in [2.75, 3.05) is 26.2 Å². The Hall–Kier alpha value is -3.72. The number of fused-ring (bicyclic) bond motifs is 1. The molecular weight excluding hydrogens is 443 g/mol. The van der Waals surface area contributed by atoms with Crippen LogP contribution in [0.3, 0.4) is 0 Å². The summed E-state index contributed by atoms with van der Waals surface area (Å²) in [6, 6.07) is 14.4. The first-order valence-corrected chi connectivity index (χ1v) is 10.9. The molecule has 1 amide bonds. The van der Waals surface area contributed by atoms with Crippen LogP contribution in [0.4, 0.5) is 13.2 Å². The van der Waals surface area contributed by atoms with Gasteiger partial charge in [0.15, 0.2) is 0 Å².